The molecule has 3 aromatic carbocycles. The van der Waals surface area contributed by atoms with Crippen molar-refractivity contribution < 1.29 is 23.0 Å². The number of benzene rings is 3. The Hall–Kier alpha value is -3.21. The molecule has 0 N–H and O–H groups in total. The fraction of sp³-hybridized carbons (Fsp3) is 0.240. The summed E-state index contributed by atoms with van der Waals surface area (Å²) >= 11 is 0. The molecule has 1 fully saturated rings. The monoisotopic (exact) mass is 408 g/mol. The predicted octanol–water partition coefficient (Wildman–Crippen LogP) is 6.02. The van der Waals surface area contributed by atoms with Crippen LogP contribution in [0.5, 0.6) is 5.75 Å². The minimum absolute atomic E-state index is 0.0846. The summed E-state index contributed by atoms with van der Waals surface area (Å²) in [5.41, 5.74) is 3.44. The standard InChI is InChI=1S/C25H22F2O3/c1-29-25(28)18-6-11-23(13-18)30-24-14-19(16-2-7-21(26)8-3-16)12-20(15-24)17-4-9-22(27)10-5-17/h2-5,7-10,12,14-15,18,23H,6,11,13H2,1H3/t18-,23+/m0/s1. The van der Waals surface area contributed by atoms with Gasteiger partial charge in [0.2, 0.25) is 0 Å². The van der Waals surface area contributed by atoms with Crippen LogP contribution < -0.4 is 4.74 Å². The molecule has 154 valence electrons. The van der Waals surface area contributed by atoms with Crippen molar-refractivity contribution in [3.8, 4) is 28.0 Å². The smallest absolute Gasteiger partial charge is 0.308 e. The summed E-state index contributed by atoms with van der Waals surface area (Å²) in [5.74, 6) is -0.286. The average Bonchev–Trinajstić information content (AvgIpc) is 3.22. The van der Waals surface area contributed by atoms with Gasteiger partial charge in [-0.3, -0.25) is 4.79 Å². The van der Waals surface area contributed by atoms with E-state index in [-0.39, 0.29) is 29.6 Å². The van der Waals surface area contributed by atoms with Gasteiger partial charge in [-0.05, 0) is 84.0 Å². The van der Waals surface area contributed by atoms with E-state index in [1.165, 1.54) is 31.4 Å². The topological polar surface area (TPSA) is 35.5 Å². The Morgan fingerprint density at radius 1 is 0.800 bits per heavy atom. The molecule has 3 nitrogen and oxygen atoms in total. The van der Waals surface area contributed by atoms with Gasteiger partial charge in [-0.25, -0.2) is 8.78 Å². The molecule has 0 aromatic heterocycles. The van der Waals surface area contributed by atoms with Gasteiger partial charge in [-0.15, -0.1) is 0 Å². The van der Waals surface area contributed by atoms with Crippen LogP contribution in [0.1, 0.15) is 19.3 Å². The fourth-order valence-corrected chi connectivity index (χ4v) is 3.91. The van der Waals surface area contributed by atoms with Gasteiger partial charge in [0.15, 0.2) is 0 Å². The van der Waals surface area contributed by atoms with E-state index in [0.717, 1.165) is 35.1 Å². The second-order valence-electron chi connectivity index (χ2n) is 7.53. The first kappa shape index (κ1) is 20.1. The maximum Gasteiger partial charge on any atom is 0.308 e. The number of methoxy groups -OCH3 is 1. The molecule has 0 aliphatic heterocycles. The molecule has 1 aliphatic carbocycles. The van der Waals surface area contributed by atoms with Gasteiger partial charge in [0.05, 0.1) is 19.1 Å². The van der Waals surface area contributed by atoms with Crippen LogP contribution in [0.3, 0.4) is 0 Å². The zero-order valence-electron chi connectivity index (χ0n) is 16.6. The Balaban J connectivity index is 1.66. The third kappa shape index (κ3) is 4.51. The van der Waals surface area contributed by atoms with Crippen molar-refractivity contribution in [1.82, 2.24) is 0 Å². The third-order valence-corrected chi connectivity index (χ3v) is 5.48. The van der Waals surface area contributed by atoms with Gasteiger partial charge in [-0.1, -0.05) is 24.3 Å². The lowest BCUT2D eigenvalue weighted by Crippen LogP contribution is -2.17. The summed E-state index contributed by atoms with van der Waals surface area (Å²) in [7, 11) is 1.40. The molecule has 5 heteroatoms. The zero-order chi connectivity index (χ0) is 21.1. The number of ether oxygens (including phenoxy) is 2. The molecule has 3 aromatic rings. The number of hydrogen-bond acceptors (Lipinski definition) is 3. The molecule has 2 atom stereocenters. The molecule has 1 saturated carbocycles. The minimum Gasteiger partial charge on any atom is -0.490 e. The number of esters is 1. The Kier molecular flexibility index (Phi) is 5.79. The van der Waals surface area contributed by atoms with Crippen LogP contribution in [0.4, 0.5) is 8.78 Å². The van der Waals surface area contributed by atoms with Gasteiger partial charge in [0.1, 0.15) is 17.4 Å². The van der Waals surface area contributed by atoms with Crippen molar-refractivity contribution in [3.63, 3.8) is 0 Å². The predicted molar refractivity (Wildman–Crippen MR) is 111 cm³/mol. The SMILES string of the molecule is COC(=O)[C@H]1CC[C@@H](Oc2cc(-c3ccc(F)cc3)cc(-c3ccc(F)cc3)c2)C1. The van der Waals surface area contributed by atoms with Crippen LogP contribution in [0.2, 0.25) is 0 Å². The molecular formula is C25H22F2O3. The molecule has 1 aliphatic rings. The summed E-state index contributed by atoms with van der Waals surface area (Å²) in [6.45, 7) is 0. The van der Waals surface area contributed by atoms with Crippen LogP contribution in [0.15, 0.2) is 66.7 Å². The maximum absolute atomic E-state index is 13.4. The van der Waals surface area contributed by atoms with E-state index in [1.807, 2.05) is 18.2 Å². The highest BCUT2D eigenvalue weighted by Crippen LogP contribution is 2.35. The highest BCUT2D eigenvalue weighted by atomic mass is 19.1. The van der Waals surface area contributed by atoms with Crippen LogP contribution in [-0.2, 0) is 9.53 Å². The highest BCUT2D eigenvalue weighted by molar-refractivity contribution is 5.75. The van der Waals surface area contributed by atoms with Crippen LogP contribution in [-0.4, -0.2) is 19.2 Å². The number of carbonyl (C=O) groups is 1. The number of halogens is 2. The summed E-state index contributed by atoms with van der Waals surface area (Å²) in [6, 6.07) is 18.3. The van der Waals surface area contributed by atoms with Gasteiger partial charge < -0.3 is 9.47 Å². The van der Waals surface area contributed by atoms with Crippen molar-refractivity contribution in [2.75, 3.05) is 7.11 Å². The van der Waals surface area contributed by atoms with Crippen LogP contribution in [0, 0.1) is 17.6 Å². The molecule has 0 spiro atoms. The first-order valence-corrected chi connectivity index (χ1v) is 9.93. The molecule has 0 unspecified atom stereocenters. The van der Waals surface area contributed by atoms with Gasteiger partial charge in [-0.2, -0.15) is 0 Å². The summed E-state index contributed by atoms with van der Waals surface area (Å²) in [5, 5.41) is 0. The molecule has 0 heterocycles. The molecule has 4 rings (SSSR count). The Morgan fingerprint density at radius 2 is 1.33 bits per heavy atom. The lowest BCUT2D eigenvalue weighted by molar-refractivity contribution is -0.145. The van der Waals surface area contributed by atoms with Crippen molar-refractivity contribution in [2.24, 2.45) is 5.92 Å². The first-order valence-electron chi connectivity index (χ1n) is 9.93. The fourth-order valence-electron chi connectivity index (χ4n) is 3.91. The molecular weight excluding hydrogens is 386 g/mol. The first-order chi connectivity index (χ1) is 14.5. The van der Waals surface area contributed by atoms with Crippen molar-refractivity contribution in [2.45, 2.75) is 25.4 Å². The highest BCUT2D eigenvalue weighted by Gasteiger charge is 2.32. The minimum atomic E-state index is -0.301. The van der Waals surface area contributed by atoms with Crippen LogP contribution >= 0.6 is 0 Å². The third-order valence-electron chi connectivity index (χ3n) is 5.48. The van der Waals surface area contributed by atoms with Crippen molar-refractivity contribution in [1.29, 1.82) is 0 Å². The van der Waals surface area contributed by atoms with Gasteiger partial charge in [0, 0.05) is 0 Å². The van der Waals surface area contributed by atoms with E-state index in [9.17, 15) is 13.6 Å². The molecule has 0 amide bonds. The summed E-state index contributed by atoms with van der Waals surface area (Å²) < 4.78 is 37.8. The van der Waals surface area contributed by atoms with E-state index >= 15 is 0 Å². The Morgan fingerprint density at radius 3 is 1.83 bits per heavy atom. The van der Waals surface area contributed by atoms with E-state index in [0.29, 0.717) is 12.2 Å². The molecule has 0 saturated heterocycles. The lowest BCUT2D eigenvalue weighted by atomic mass is 9.98. The Labute approximate surface area is 174 Å². The largest absolute Gasteiger partial charge is 0.490 e. The van der Waals surface area contributed by atoms with Gasteiger partial charge >= 0.3 is 5.97 Å². The summed E-state index contributed by atoms with van der Waals surface area (Å²) in [6.07, 6.45) is 2.03. The number of carbonyl (C=O) groups excluding carboxylic acids is 1. The Bertz CT molecular complexity index is 966. The lowest BCUT2D eigenvalue weighted by Gasteiger charge is -2.17. The van der Waals surface area contributed by atoms with Crippen molar-refractivity contribution in [3.05, 3.63) is 78.4 Å². The van der Waals surface area contributed by atoms with Crippen LogP contribution in [0.25, 0.3) is 22.3 Å². The summed E-state index contributed by atoms with van der Waals surface area (Å²) in [4.78, 5) is 11.8. The second kappa shape index (κ2) is 8.66. The molecule has 0 radical (unpaired) electrons. The second-order valence-corrected chi connectivity index (χ2v) is 7.53. The van der Waals surface area contributed by atoms with E-state index in [4.69, 9.17) is 9.47 Å². The van der Waals surface area contributed by atoms with Gasteiger partial charge in [0.25, 0.3) is 0 Å². The normalized spacial score (nSPS) is 18.2. The molecule has 0 bridgehead atoms. The van der Waals surface area contributed by atoms with Crippen molar-refractivity contribution >= 4 is 5.97 Å². The number of rotatable bonds is 5. The van der Waals surface area contributed by atoms with E-state index in [2.05, 4.69) is 0 Å². The quantitative estimate of drug-likeness (QED) is 0.484. The zero-order valence-corrected chi connectivity index (χ0v) is 16.6. The van der Waals surface area contributed by atoms with E-state index < -0.39 is 0 Å². The number of hydrogen-bond donors (Lipinski definition) is 0. The molecule has 30 heavy (non-hydrogen) atoms. The average molecular weight is 408 g/mol. The van der Waals surface area contributed by atoms with E-state index in [1.54, 1.807) is 24.3 Å². The maximum atomic E-state index is 13.4.